The minimum Gasteiger partial charge on any atom is -0.396 e. The van der Waals surface area contributed by atoms with Gasteiger partial charge >= 0.3 is 0 Å². The van der Waals surface area contributed by atoms with Gasteiger partial charge in [0.1, 0.15) is 0 Å². The van der Waals surface area contributed by atoms with Crippen LogP contribution in [0.2, 0.25) is 0 Å². The van der Waals surface area contributed by atoms with E-state index in [-0.39, 0.29) is 17.2 Å². The van der Waals surface area contributed by atoms with Crippen molar-refractivity contribution in [1.29, 1.82) is 0 Å². The lowest BCUT2D eigenvalue weighted by Crippen LogP contribution is -2.03. The topological polar surface area (TPSA) is 68.3 Å². The van der Waals surface area contributed by atoms with Crippen LogP contribution < -0.4 is 0 Å². The molecule has 1 heterocycles. The first kappa shape index (κ1) is 17.2. The number of hydrogen-bond acceptors (Lipinski definition) is 3. The number of nitrogens with zero attached hydrogens (tertiary/aromatic N) is 2. The number of unbranched alkanes of at least 4 members (excludes halogenated alkanes) is 1. The van der Waals surface area contributed by atoms with Crippen molar-refractivity contribution < 1.29 is 10.0 Å². The second-order valence-corrected chi connectivity index (χ2v) is 5.76. The SMILES string of the molecule is CCc1c(-c2ccc([N+](=O)[O-])cc2)c(C)n(CCCCO)c1C. The molecule has 23 heavy (non-hydrogen) atoms. The summed E-state index contributed by atoms with van der Waals surface area (Å²) in [5, 5.41) is 19.8. The Balaban J connectivity index is 2.44. The van der Waals surface area contributed by atoms with Crippen molar-refractivity contribution in [3.8, 4) is 11.1 Å². The molecule has 0 saturated carbocycles. The molecule has 0 spiro atoms. The van der Waals surface area contributed by atoms with E-state index >= 15 is 0 Å². The summed E-state index contributed by atoms with van der Waals surface area (Å²) in [7, 11) is 0. The first-order valence-electron chi connectivity index (χ1n) is 8.05. The molecule has 0 saturated heterocycles. The standard InChI is InChI=1S/C18H24N2O3/c1-4-17-13(2)19(11-5-6-12-21)14(3)18(17)15-7-9-16(10-8-15)20(22)23/h7-10,21H,4-6,11-12H2,1-3H3. The first-order valence-corrected chi connectivity index (χ1v) is 8.05. The van der Waals surface area contributed by atoms with Crippen LogP contribution in [0, 0.1) is 24.0 Å². The Hall–Kier alpha value is -2.14. The monoisotopic (exact) mass is 316 g/mol. The van der Waals surface area contributed by atoms with Crippen LogP contribution in [0.4, 0.5) is 5.69 Å². The van der Waals surface area contributed by atoms with Crippen LogP contribution in [0.5, 0.6) is 0 Å². The van der Waals surface area contributed by atoms with E-state index in [1.165, 1.54) is 22.5 Å². The van der Waals surface area contributed by atoms with E-state index in [4.69, 9.17) is 5.11 Å². The number of aliphatic hydroxyl groups excluding tert-OH is 1. The molecule has 0 atom stereocenters. The van der Waals surface area contributed by atoms with Gasteiger partial charge in [-0.25, -0.2) is 0 Å². The van der Waals surface area contributed by atoms with Gasteiger partial charge in [0.2, 0.25) is 0 Å². The van der Waals surface area contributed by atoms with Gasteiger partial charge in [-0.1, -0.05) is 6.92 Å². The lowest BCUT2D eigenvalue weighted by atomic mass is 9.99. The molecule has 5 heteroatoms. The highest BCUT2D eigenvalue weighted by Gasteiger charge is 2.18. The Morgan fingerprint density at radius 3 is 2.30 bits per heavy atom. The van der Waals surface area contributed by atoms with E-state index < -0.39 is 0 Å². The van der Waals surface area contributed by atoms with Gasteiger partial charge in [0.25, 0.3) is 5.69 Å². The predicted molar refractivity (Wildman–Crippen MR) is 91.7 cm³/mol. The summed E-state index contributed by atoms with van der Waals surface area (Å²) in [6.07, 6.45) is 2.66. The summed E-state index contributed by atoms with van der Waals surface area (Å²) in [6, 6.07) is 6.79. The predicted octanol–water partition coefficient (Wildman–Crippen LogP) is 4.02. The summed E-state index contributed by atoms with van der Waals surface area (Å²) in [5.41, 5.74) is 6.05. The van der Waals surface area contributed by atoms with Crippen LogP contribution in [0.1, 0.15) is 36.7 Å². The highest BCUT2D eigenvalue weighted by Crippen LogP contribution is 2.33. The zero-order chi connectivity index (χ0) is 17.0. The zero-order valence-corrected chi connectivity index (χ0v) is 14.0. The number of benzene rings is 1. The molecule has 1 aromatic heterocycles. The third-order valence-electron chi connectivity index (χ3n) is 4.42. The smallest absolute Gasteiger partial charge is 0.269 e. The molecule has 0 aliphatic rings. The van der Waals surface area contributed by atoms with Crippen molar-refractivity contribution >= 4 is 5.69 Å². The van der Waals surface area contributed by atoms with Crippen LogP contribution in [-0.2, 0) is 13.0 Å². The maximum atomic E-state index is 10.8. The second kappa shape index (κ2) is 7.42. The minimum absolute atomic E-state index is 0.114. The summed E-state index contributed by atoms with van der Waals surface area (Å²) in [4.78, 5) is 10.5. The molecule has 124 valence electrons. The van der Waals surface area contributed by atoms with Gasteiger partial charge in [-0.05, 0) is 56.4 Å². The largest absolute Gasteiger partial charge is 0.396 e. The molecule has 2 aromatic rings. The Morgan fingerprint density at radius 1 is 1.13 bits per heavy atom. The minimum atomic E-state index is -0.372. The fourth-order valence-electron chi connectivity index (χ4n) is 3.23. The van der Waals surface area contributed by atoms with Crippen LogP contribution in [0.15, 0.2) is 24.3 Å². The maximum absolute atomic E-state index is 10.8. The van der Waals surface area contributed by atoms with Crippen molar-refractivity contribution in [3.63, 3.8) is 0 Å². The van der Waals surface area contributed by atoms with E-state index in [2.05, 4.69) is 25.3 Å². The first-order chi connectivity index (χ1) is 11.0. The Labute approximate surface area is 136 Å². The van der Waals surface area contributed by atoms with Crippen LogP contribution in [0.25, 0.3) is 11.1 Å². The number of hydrogen-bond donors (Lipinski definition) is 1. The van der Waals surface area contributed by atoms with Crippen molar-refractivity contribution in [1.82, 2.24) is 4.57 Å². The van der Waals surface area contributed by atoms with E-state index in [0.717, 1.165) is 31.4 Å². The molecule has 5 nitrogen and oxygen atoms in total. The summed E-state index contributed by atoms with van der Waals surface area (Å²) >= 11 is 0. The molecule has 1 aromatic carbocycles. The lowest BCUT2D eigenvalue weighted by molar-refractivity contribution is -0.384. The lowest BCUT2D eigenvalue weighted by Gasteiger charge is -2.09. The average molecular weight is 316 g/mol. The van der Waals surface area contributed by atoms with Crippen LogP contribution in [0.3, 0.4) is 0 Å². The third kappa shape index (κ3) is 3.45. The molecule has 1 N–H and O–H groups in total. The highest BCUT2D eigenvalue weighted by atomic mass is 16.6. The van der Waals surface area contributed by atoms with Crippen LogP contribution in [-0.4, -0.2) is 21.2 Å². The molecular weight excluding hydrogens is 292 g/mol. The van der Waals surface area contributed by atoms with Gasteiger partial charge in [0.15, 0.2) is 0 Å². The van der Waals surface area contributed by atoms with Crippen LogP contribution >= 0.6 is 0 Å². The third-order valence-corrected chi connectivity index (χ3v) is 4.42. The molecule has 0 radical (unpaired) electrons. The van der Waals surface area contributed by atoms with Gasteiger partial charge in [0.05, 0.1) is 4.92 Å². The van der Waals surface area contributed by atoms with E-state index in [1.807, 2.05) is 12.1 Å². The zero-order valence-electron chi connectivity index (χ0n) is 14.0. The summed E-state index contributed by atoms with van der Waals surface area (Å²) in [6.45, 7) is 7.46. The molecule has 0 aliphatic carbocycles. The molecule has 0 aliphatic heterocycles. The Kier molecular flexibility index (Phi) is 5.55. The fraction of sp³-hybridized carbons (Fsp3) is 0.444. The molecule has 2 rings (SSSR count). The van der Waals surface area contributed by atoms with Crippen molar-refractivity contribution in [3.05, 3.63) is 51.3 Å². The molecule has 0 bridgehead atoms. The number of rotatable bonds is 7. The number of aliphatic hydroxyl groups is 1. The molecule has 0 amide bonds. The van der Waals surface area contributed by atoms with Crippen molar-refractivity contribution in [2.75, 3.05) is 6.61 Å². The number of non-ortho nitro benzene ring substituents is 1. The fourth-order valence-corrected chi connectivity index (χ4v) is 3.23. The van der Waals surface area contributed by atoms with Gasteiger partial charge < -0.3 is 9.67 Å². The van der Waals surface area contributed by atoms with Gasteiger partial charge in [-0.2, -0.15) is 0 Å². The van der Waals surface area contributed by atoms with Gasteiger partial charge in [0, 0.05) is 42.2 Å². The maximum Gasteiger partial charge on any atom is 0.269 e. The van der Waals surface area contributed by atoms with Gasteiger partial charge in [-0.3, -0.25) is 10.1 Å². The second-order valence-electron chi connectivity index (χ2n) is 5.76. The van der Waals surface area contributed by atoms with Crippen molar-refractivity contribution in [2.45, 2.75) is 46.6 Å². The summed E-state index contributed by atoms with van der Waals surface area (Å²) in [5.74, 6) is 0. The quantitative estimate of drug-likeness (QED) is 0.476. The number of aromatic nitrogens is 1. The molecular formula is C18H24N2O3. The highest BCUT2D eigenvalue weighted by molar-refractivity contribution is 5.72. The summed E-state index contributed by atoms with van der Waals surface area (Å²) < 4.78 is 2.30. The number of nitro groups is 1. The Bertz CT molecular complexity index is 687. The van der Waals surface area contributed by atoms with Gasteiger partial charge in [-0.15, -0.1) is 0 Å². The van der Waals surface area contributed by atoms with E-state index in [9.17, 15) is 10.1 Å². The number of nitro benzene ring substituents is 1. The molecule has 0 unspecified atom stereocenters. The average Bonchev–Trinajstić information content (AvgIpc) is 2.78. The van der Waals surface area contributed by atoms with E-state index in [1.54, 1.807) is 12.1 Å². The normalized spacial score (nSPS) is 11.0. The molecule has 0 fully saturated rings. The Morgan fingerprint density at radius 2 is 1.78 bits per heavy atom. The van der Waals surface area contributed by atoms with Crippen molar-refractivity contribution in [2.24, 2.45) is 0 Å². The van der Waals surface area contributed by atoms with E-state index in [0.29, 0.717) is 0 Å².